The second kappa shape index (κ2) is 9.74. The highest BCUT2D eigenvalue weighted by molar-refractivity contribution is 5.94. The molecule has 0 saturated heterocycles. The number of carbonyl (C=O) groups is 1. The van der Waals surface area contributed by atoms with Crippen LogP contribution in [0.2, 0.25) is 0 Å². The number of ether oxygens (including phenoxy) is 1. The minimum absolute atomic E-state index is 0.105. The molecule has 0 radical (unpaired) electrons. The van der Waals surface area contributed by atoms with E-state index >= 15 is 0 Å². The Hall–Kier alpha value is -3.94. The van der Waals surface area contributed by atoms with Gasteiger partial charge in [-0.05, 0) is 58.0 Å². The Morgan fingerprint density at radius 1 is 0.886 bits per heavy atom. The number of cyclic esters (lactones) is 1. The van der Waals surface area contributed by atoms with Gasteiger partial charge in [0.1, 0.15) is 0 Å². The average Bonchev–Trinajstić information content (AvgIpc) is 3.19. The molecule has 2 heterocycles. The van der Waals surface area contributed by atoms with E-state index in [1.54, 1.807) is 24.3 Å². The zero-order valence-electron chi connectivity index (χ0n) is 20.5. The summed E-state index contributed by atoms with van der Waals surface area (Å²) in [5, 5.41) is 12.3. The number of nitro benzene ring substituents is 1. The number of hydrogen-bond acceptors (Lipinski definition) is 7. The van der Waals surface area contributed by atoms with Crippen LogP contribution in [-0.4, -0.2) is 42.1 Å². The molecular weight excluding hydrogens is 444 g/mol. The Bertz CT molecular complexity index is 1240. The van der Waals surface area contributed by atoms with Crippen molar-refractivity contribution in [2.45, 2.75) is 33.3 Å². The normalized spacial score (nSPS) is 16.5. The van der Waals surface area contributed by atoms with Crippen molar-refractivity contribution in [3.05, 3.63) is 93.3 Å². The Morgan fingerprint density at radius 2 is 1.49 bits per heavy atom. The van der Waals surface area contributed by atoms with Gasteiger partial charge in [-0.25, -0.2) is 9.78 Å². The molecule has 35 heavy (non-hydrogen) atoms. The number of carbonyl (C=O) groups excluding carboxylic acids is 1. The van der Waals surface area contributed by atoms with Crippen LogP contribution in [0.1, 0.15) is 54.9 Å². The van der Waals surface area contributed by atoms with Crippen molar-refractivity contribution in [3.63, 3.8) is 0 Å². The van der Waals surface area contributed by atoms with Crippen molar-refractivity contribution in [1.82, 2.24) is 4.98 Å². The number of esters is 1. The SMILES string of the molecule is CCN(CC)c1ccc(C2(c3ccc(N(CC)CC)cc3[N+](=O)[O-])OC(=O)c3ncccc32)cc1. The number of nitro groups is 1. The van der Waals surface area contributed by atoms with Crippen LogP contribution in [0, 0.1) is 10.1 Å². The summed E-state index contributed by atoms with van der Waals surface area (Å²) in [7, 11) is 0. The van der Waals surface area contributed by atoms with Crippen LogP contribution in [0.5, 0.6) is 0 Å². The first-order chi connectivity index (χ1) is 16.9. The fourth-order valence-corrected chi connectivity index (χ4v) is 4.91. The van der Waals surface area contributed by atoms with Gasteiger partial charge in [0.2, 0.25) is 0 Å². The molecule has 8 nitrogen and oxygen atoms in total. The second-order valence-corrected chi connectivity index (χ2v) is 8.32. The topological polar surface area (TPSA) is 88.8 Å². The van der Waals surface area contributed by atoms with Gasteiger partial charge in [-0.15, -0.1) is 0 Å². The van der Waals surface area contributed by atoms with Crippen molar-refractivity contribution < 1.29 is 14.5 Å². The lowest BCUT2D eigenvalue weighted by molar-refractivity contribution is -0.386. The van der Waals surface area contributed by atoms with Crippen molar-refractivity contribution in [1.29, 1.82) is 0 Å². The molecule has 0 saturated carbocycles. The molecule has 0 bridgehead atoms. The number of aromatic nitrogens is 1. The van der Waals surface area contributed by atoms with E-state index in [0.29, 0.717) is 29.8 Å². The monoisotopic (exact) mass is 474 g/mol. The molecule has 2 aromatic carbocycles. The highest BCUT2D eigenvalue weighted by Gasteiger charge is 2.52. The first-order valence-corrected chi connectivity index (χ1v) is 12.0. The van der Waals surface area contributed by atoms with E-state index < -0.39 is 16.5 Å². The summed E-state index contributed by atoms with van der Waals surface area (Å²) >= 11 is 0. The van der Waals surface area contributed by atoms with Crippen LogP contribution in [0.3, 0.4) is 0 Å². The molecule has 1 aliphatic heterocycles. The minimum atomic E-state index is -1.48. The van der Waals surface area contributed by atoms with Gasteiger partial charge < -0.3 is 14.5 Å². The molecule has 0 fully saturated rings. The van der Waals surface area contributed by atoms with Crippen LogP contribution >= 0.6 is 0 Å². The molecule has 4 rings (SSSR count). The van der Waals surface area contributed by atoms with Gasteiger partial charge in [-0.1, -0.05) is 18.2 Å². The molecule has 3 aromatic rings. The molecule has 8 heteroatoms. The van der Waals surface area contributed by atoms with Gasteiger partial charge in [0.15, 0.2) is 11.3 Å². The van der Waals surface area contributed by atoms with Gasteiger partial charge >= 0.3 is 5.97 Å². The summed E-state index contributed by atoms with van der Waals surface area (Å²) in [6.07, 6.45) is 1.53. The molecule has 1 atom stereocenters. The third kappa shape index (κ3) is 3.99. The Kier molecular flexibility index (Phi) is 6.73. The van der Waals surface area contributed by atoms with E-state index in [1.165, 1.54) is 6.20 Å². The zero-order chi connectivity index (χ0) is 25.2. The number of pyridine rings is 1. The van der Waals surface area contributed by atoms with Crippen LogP contribution in [0.4, 0.5) is 17.1 Å². The van der Waals surface area contributed by atoms with Gasteiger partial charge in [-0.3, -0.25) is 10.1 Å². The van der Waals surface area contributed by atoms with Crippen LogP contribution in [-0.2, 0) is 10.3 Å². The summed E-state index contributed by atoms with van der Waals surface area (Å²) < 4.78 is 6.06. The van der Waals surface area contributed by atoms with Crippen LogP contribution in [0.25, 0.3) is 0 Å². The molecule has 0 N–H and O–H groups in total. The number of hydrogen-bond donors (Lipinski definition) is 0. The highest BCUT2D eigenvalue weighted by Crippen LogP contribution is 2.50. The van der Waals surface area contributed by atoms with E-state index in [0.717, 1.165) is 24.5 Å². The fraction of sp³-hybridized carbons (Fsp3) is 0.333. The summed E-state index contributed by atoms with van der Waals surface area (Å²) in [4.78, 5) is 33.4. The maximum atomic E-state index is 13.0. The van der Waals surface area contributed by atoms with Crippen molar-refractivity contribution in [2.24, 2.45) is 0 Å². The second-order valence-electron chi connectivity index (χ2n) is 8.32. The Morgan fingerprint density at radius 3 is 2.09 bits per heavy atom. The van der Waals surface area contributed by atoms with Crippen molar-refractivity contribution in [3.8, 4) is 0 Å². The molecule has 1 unspecified atom stereocenters. The van der Waals surface area contributed by atoms with Crippen LogP contribution in [0.15, 0.2) is 60.8 Å². The number of fused-ring (bicyclic) bond motifs is 1. The smallest absolute Gasteiger partial charge is 0.358 e. The van der Waals surface area contributed by atoms with Gasteiger partial charge in [-0.2, -0.15) is 0 Å². The summed E-state index contributed by atoms with van der Waals surface area (Å²) in [6.45, 7) is 11.3. The van der Waals surface area contributed by atoms with Crippen molar-refractivity contribution >= 4 is 23.0 Å². The number of benzene rings is 2. The van der Waals surface area contributed by atoms with E-state index in [9.17, 15) is 14.9 Å². The summed E-state index contributed by atoms with van der Waals surface area (Å²) in [6, 6.07) is 16.3. The van der Waals surface area contributed by atoms with E-state index in [1.807, 2.05) is 49.1 Å². The third-order valence-corrected chi connectivity index (χ3v) is 6.71. The quantitative estimate of drug-likeness (QED) is 0.241. The summed E-state index contributed by atoms with van der Waals surface area (Å²) in [5.74, 6) is -0.601. The first-order valence-electron chi connectivity index (χ1n) is 12.0. The number of nitrogens with zero attached hydrogens (tertiary/aromatic N) is 4. The van der Waals surface area contributed by atoms with E-state index in [-0.39, 0.29) is 11.4 Å². The molecule has 1 aliphatic rings. The average molecular weight is 475 g/mol. The van der Waals surface area contributed by atoms with Gasteiger partial charge in [0.05, 0.1) is 10.5 Å². The van der Waals surface area contributed by atoms with E-state index in [4.69, 9.17) is 4.74 Å². The van der Waals surface area contributed by atoms with Gasteiger partial charge in [0, 0.05) is 60.9 Å². The van der Waals surface area contributed by atoms with E-state index in [2.05, 4.69) is 23.7 Å². The third-order valence-electron chi connectivity index (χ3n) is 6.71. The fourth-order valence-electron chi connectivity index (χ4n) is 4.91. The Labute approximate surface area is 205 Å². The highest BCUT2D eigenvalue weighted by atomic mass is 16.6. The lowest BCUT2D eigenvalue weighted by Crippen LogP contribution is -2.31. The molecule has 0 amide bonds. The largest absolute Gasteiger partial charge is 0.439 e. The lowest BCUT2D eigenvalue weighted by atomic mass is 9.79. The minimum Gasteiger partial charge on any atom is -0.439 e. The number of rotatable bonds is 9. The standard InChI is InChI=1S/C27H30N4O4/c1-5-29(6-2)20-13-11-19(12-14-20)27(23-10-9-17-28-25(23)26(32)35-27)22-16-15-21(30(7-3)8-4)18-24(22)31(33)34/h9-18H,5-8H2,1-4H3. The molecule has 1 aromatic heterocycles. The number of anilines is 2. The van der Waals surface area contributed by atoms with Crippen LogP contribution < -0.4 is 9.80 Å². The predicted molar refractivity (Wildman–Crippen MR) is 136 cm³/mol. The zero-order valence-corrected chi connectivity index (χ0v) is 20.5. The molecule has 182 valence electrons. The molecule has 0 aliphatic carbocycles. The molecular formula is C27H30N4O4. The summed E-state index contributed by atoms with van der Waals surface area (Å²) in [5.41, 5.74) is 1.78. The lowest BCUT2D eigenvalue weighted by Gasteiger charge is -2.31. The van der Waals surface area contributed by atoms with Crippen molar-refractivity contribution in [2.75, 3.05) is 36.0 Å². The predicted octanol–water partition coefficient (Wildman–Crippen LogP) is 5.14. The van der Waals surface area contributed by atoms with Gasteiger partial charge in [0.25, 0.3) is 5.69 Å². The Balaban J connectivity index is 1.98. The molecule has 0 spiro atoms. The maximum Gasteiger partial charge on any atom is 0.358 e. The maximum absolute atomic E-state index is 13.0. The first kappa shape index (κ1) is 24.2.